The van der Waals surface area contributed by atoms with Crippen LogP contribution >= 0.6 is 0 Å². The van der Waals surface area contributed by atoms with Gasteiger partial charge in [-0.05, 0) is 67.9 Å². The van der Waals surface area contributed by atoms with Gasteiger partial charge in [-0.2, -0.15) is 0 Å². The maximum Gasteiger partial charge on any atom is 0.338 e. The first kappa shape index (κ1) is 22.5. The number of ether oxygens (including phenoxy) is 1. The number of esters is 1. The summed E-state index contributed by atoms with van der Waals surface area (Å²) in [5, 5.41) is 4.51. The Morgan fingerprint density at radius 2 is 1.52 bits per heavy atom. The highest BCUT2D eigenvalue weighted by atomic mass is 32.2. The molecule has 1 unspecified atom stereocenters. The normalized spacial score (nSPS) is 12.5. The summed E-state index contributed by atoms with van der Waals surface area (Å²) in [5.74, 6) is -1.13. The molecule has 0 radical (unpaired) electrons. The summed E-state index contributed by atoms with van der Waals surface area (Å²) in [7, 11) is -3.62. The molecule has 2 N–H and O–H groups in total. The van der Waals surface area contributed by atoms with Gasteiger partial charge in [-0.25, -0.2) is 17.9 Å². The first-order chi connectivity index (χ1) is 14.7. The van der Waals surface area contributed by atoms with E-state index in [9.17, 15) is 18.0 Å². The summed E-state index contributed by atoms with van der Waals surface area (Å²) < 4.78 is 32.1. The molecule has 1 atom stereocenters. The average molecular weight is 441 g/mol. The molecule has 3 aromatic rings. The molecule has 3 aromatic carbocycles. The van der Waals surface area contributed by atoms with E-state index in [1.807, 2.05) is 30.3 Å². The van der Waals surface area contributed by atoms with Crippen molar-refractivity contribution in [1.29, 1.82) is 0 Å². The summed E-state index contributed by atoms with van der Waals surface area (Å²) in [5.41, 5.74) is 0.743. The summed E-state index contributed by atoms with van der Waals surface area (Å²) in [4.78, 5) is 24.9. The van der Waals surface area contributed by atoms with Crippen molar-refractivity contribution >= 4 is 38.4 Å². The second-order valence-electron chi connectivity index (χ2n) is 7.40. The Morgan fingerprint density at radius 1 is 0.871 bits per heavy atom. The van der Waals surface area contributed by atoms with Gasteiger partial charge in [-0.15, -0.1) is 0 Å². The molecule has 162 valence electrons. The van der Waals surface area contributed by atoms with Crippen molar-refractivity contribution in [3.05, 3.63) is 72.3 Å². The van der Waals surface area contributed by atoms with Gasteiger partial charge in [0.2, 0.25) is 10.0 Å². The van der Waals surface area contributed by atoms with Gasteiger partial charge in [0.15, 0.2) is 6.10 Å². The molecule has 3 rings (SSSR count). The van der Waals surface area contributed by atoms with E-state index in [-0.39, 0.29) is 10.9 Å². The minimum absolute atomic E-state index is 0.0926. The number of rotatable bonds is 7. The zero-order chi connectivity index (χ0) is 22.6. The second kappa shape index (κ2) is 9.28. The van der Waals surface area contributed by atoms with Crippen LogP contribution in [0.5, 0.6) is 0 Å². The van der Waals surface area contributed by atoms with E-state index in [1.165, 1.54) is 31.2 Å². The molecule has 0 aliphatic heterocycles. The van der Waals surface area contributed by atoms with Gasteiger partial charge in [-0.3, -0.25) is 4.79 Å². The zero-order valence-corrected chi connectivity index (χ0v) is 18.3. The molecule has 0 saturated carbocycles. The Kier molecular flexibility index (Phi) is 6.72. The van der Waals surface area contributed by atoms with Crippen LogP contribution in [-0.4, -0.2) is 32.4 Å². The van der Waals surface area contributed by atoms with E-state index in [1.54, 1.807) is 26.0 Å². The largest absolute Gasteiger partial charge is 0.449 e. The Hall–Kier alpha value is -3.23. The molecule has 0 heterocycles. The summed E-state index contributed by atoms with van der Waals surface area (Å²) in [6.45, 7) is 4.93. The molecule has 0 spiro atoms. The lowest BCUT2D eigenvalue weighted by molar-refractivity contribution is -0.123. The van der Waals surface area contributed by atoms with Crippen LogP contribution in [0.4, 0.5) is 5.69 Å². The van der Waals surface area contributed by atoms with Gasteiger partial charge < -0.3 is 10.1 Å². The molecule has 0 aliphatic rings. The smallest absolute Gasteiger partial charge is 0.338 e. The van der Waals surface area contributed by atoms with Crippen LogP contribution < -0.4 is 10.0 Å². The molecule has 0 aromatic heterocycles. The Bertz CT molecular complexity index is 1200. The molecule has 0 bridgehead atoms. The van der Waals surface area contributed by atoms with Gasteiger partial charge in [0.25, 0.3) is 5.91 Å². The third kappa shape index (κ3) is 5.68. The van der Waals surface area contributed by atoms with Crippen LogP contribution in [0, 0.1) is 0 Å². The third-order valence-corrected chi connectivity index (χ3v) is 6.14. The standard InChI is InChI=1S/C23H24N2O5S/c1-15(2)25-31(28,29)21-12-10-20(11-13-21)24-22(26)16(3)30-23(27)19-9-8-17-6-4-5-7-18(17)14-19/h4-16,25H,1-3H3,(H,24,26). The predicted octanol–water partition coefficient (Wildman–Crippen LogP) is 3.71. The number of amides is 1. The number of anilines is 1. The first-order valence-electron chi connectivity index (χ1n) is 9.79. The molecule has 0 saturated heterocycles. The maximum atomic E-state index is 12.4. The summed E-state index contributed by atoms with van der Waals surface area (Å²) in [6.07, 6.45) is -1.04. The number of hydrogen-bond acceptors (Lipinski definition) is 5. The number of fused-ring (bicyclic) bond motifs is 1. The Morgan fingerprint density at radius 3 is 2.16 bits per heavy atom. The maximum absolute atomic E-state index is 12.4. The highest BCUT2D eigenvalue weighted by molar-refractivity contribution is 7.89. The minimum Gasteiger partial charge on any atom is -0.449 e. The molecule has 31 heavy (non-hydrogen) atoms. The topological polar surface area (TPSA) is 102 Å². The molecule has 8 heteroatoms. The molecule has 0 fully saturated rings. The van der Waals surface area contributed by atoms with Crippen molar-refractivity contribution in [3.63, 3.8) is 0 Å². The van der Waals surface area contributed by atoms with Crippen molar-refractivity contribution in [2.75, 3.05) is 5.32 Å². The van der Waals surface area contributed by atoms with Crippen LogP contribution in [0.15, 0.2) is 71.6 Å². The van der Waals surface area contributed by atoms with E-state index >= 15 is 0 Å². The lowest BCUT2D eigenvalue weighted by Gasteiger charge is -2.14. The van der Waals surface area contributed by atoms with Gasteiger partial charge in [0.1, 0.15) is 0 Å². The van der Waals surface area contributed by atoms with Crippen molar-refractivity contribution in [3.8, 4) is 0 Å². The van der Waals surface area contributed by atoms with Crippen molar-refractivity contribution in [2.45, 2.75) is 37.8 Å². The monoisotopic (exact) mass is 440 g/mol. The van der Waals surface area contributed by atoms with Gasteiger partial charge in [0.05, 0.1) is 10.5 Å². The van der Waals surface area contributed by atoms with Crippen molar-refractivity contribution in [2.24, 2.45) is 0 Å². The first-order valence-corrected chi connectivity index (χ1v) is 11.3. The lowest BCUT2D eigenvalue weighted by Crippen LogP contribution is -2.30. The fourth-order valence-electron chi connectivity index (χ4n) is 2.94. The van der Waals surface area contributed by atoms with Crippen LogP contribution in [0.25, 0.3) is 10.8 Å². The molecular weight excluding hydrogens is 416 g/mol. The molecule has 1 amide bonds. The summed E-state index contributed by atoms with van der Waals surface area (Å²) in [6, 6.07) is 18.3. The predicted molar refractivity (Wildman–Crippen MR) is 119 cm³/mol. The molecule has 7 nitrogen and oxygen atoms in total. The Balaban J connectivity index is 1.62. The minimum atomic E-state index is -3.62. The number of hydrogen-bond donors (Lipinski definition) is 2. The van der Waals surface area contributed by atoms with E-state index < -0.39 is 28.0 Å². The molecular formula is C23H24N2O5S. The SMILES string of the molecule is CC(C)NS(=O)(=O)c1ccc(NC(=O)C(C)OC(=O)c2ccc3ccccc3c2)cc1. The number of carbonyl (C=O) groups is 2. The van der Waals surface area contributed by atoms with E-state index in [2.05, 4.69) is 10.0 Å². The average Bonchev–Trinajstić information content (AvgIpc) is 2.72. The van der Waals surface area contributed by atoms with Crippen LogP contribution in [0.1, 0.15) is 31.1 Å². The van der Waals surface area contributed by atoms with Gasteiger partial charge in [-0.1, -0.05) is 30.3 Å². The zero-order valence-electron chi connectivity index (χ0n) is 17.5. The fraction of sp³-hybridized carbons (Fsp3) is 0.217. The third-order valence-electron chi connectivity index (χ3n) is 4.46. The Labute approximate surface area is 181 Å². The quantitative estimate of drug-likeness (QED) is 0.546. The van der Waals surface area contributed by atoms with E-state index in [0.29, 0.717) is 11.3 Å². The highest BCUT2D eigenvalue weighted by Gasteiger charge is 2.20. The number of sulfonamides is 1. The van der Waals surface area contributed by atoms with Crippen LogP contribution in [0.3, 0.4) is 0 Å². The summed E-state index contributed by atoms with van der Waals surface area (Å²) >= 11 is 0. The number of carbonyl (C=O) groups excluding carboxylic acids is 2. The fourth-order valence-corrected chi connectivity index (χ4v) is 4.19. The number of nitrogens with one attached hydrogen (secondary N) is 2. The highest BCUT2D eigenvalue weighted by Crippen LogP contribution is 2.18. The van der Waals surface area contributed by atoms with Crippen molar-refractivity contribution < 1.29 is 22.7 Å². The van der Waals surface area contributed by atoms with Crippen LogP contribution in [0.2, 0.25) is 0 Å². The second-order valence-corrected chi connectivity index (χ2v) is 9.11. The van der Waals surface area contributed by atoms with Gasteiger partial charge in [0, 0.05) is 11.7 Å². The van der Waals surface area contributed by atoms with Crippen LogP contribution in [-0.2, 0) is 19.6 Å². The van der Waals surface area contributed by atoms with Gasteiger partial charge >= 0.3 is 5.97 Å². The van der Waals surface area contributed by atoms with E-state index in [0.717, 1.165) is 10.8 Å². The van der Waals surface area contributed by atoms with Crippen molar-refractivity contribution in [1.82, 2.24) is 4.72 Å². The van der Waals surface area contributed by atoms with E-state index in [4.69, 9.17) is 4.74 Å². The number of benzene rings is 3. The molecule has 0 aliphatic carbocycles. The lowest BCUT2D eigenvalue weighted by atomic mass is 10.1.